The second-order valence-corrected chi connectivity index (χ2v) is 11.2. The normalized spacial score (nSPS) is 24.5. The highest BCUT2D eigenvalue weighted by molar-refractivity contribution is 8.23. The van der Waals surface area contributed by atoms with Crippen molar-refractivity contribution in [1.82, 2.24) is 5.32 Å². The maximum atomic E-state index is 11.8. The molecule has 1 fully saturated rings. The number of ether oxygens (including phenoxy) is 1. The van der Waals surface area contributed by atoms with Gasteiger partial charge in [-0.25, -0.2) is 0 Å². The molecule has 0 spiro atoms. The molecule has 1 amide bonds. The van der Waals surface area contributed by atoms with Crippen LogP contribution in [0.1, 0.15) is 83.3 Å². The third-order valence-corrected chi connectivity index (χ3v) is 8.15. The summed E-state index contributed by atoms with van der Waals surface area (Å²) >= 11 is 6.96. The summed E-state index contributed by atoms with van der Waals surface area (Å²) in [5.41, 5.74) is 4.27. The van der Waals surface area contributed by atoms with Crippen molar-refractivity contribution in [2.45, 2.75) is 83.9 Å². The van der Waals surface area contributed by atoms with E-state index < -0.39 is 0 Å². The van der Waals surface area contributed by atoms with Gasteiger partial charge in [-0.1, -0.05) is 62.3 Å². The molecule has 1 aliphatic carbocycles. The number of allylic oxidation sites excluding steroid dienone is 3. The molecule has 0 radical (unpaired) electrons. The zero-order chi connectivity index (χ0) is 24.1. The van der Waals surface area contributed by atoms with E-state index >= 15 is 0 Å². The number of aryl methyl sites for hydroxylation is 1. The lowest BCUT2D eigenvalue weighted by atomic mass is 9.73. The Kier molecular flexibility index (Phi) is 9.05. The first kappa shape index (κ1) is 25.8. The first-order valence-electron chi connectivity index (χ1n) is 12.1. The van der Waals surface area contributed by atoms with Crippen molar-refractivity contribution < 1.29 is 14.6 Å². The monoisotopic (exact) mass is 487 g/mol. The molecule has 0 aromatic heterocycles. The molecule has 180 valence electrons. The predicted octanol–water partition coefficient (Wildman–Crippen LogP) is 7.02. The number of phenols is 1. The number of β-lactam (4-membered cyclic amide) rings is 1. The lowest BCUT2D eigenvalue weighted by molar-refractivity contribution is -0.132. The lowest BCUT2D eigenvalue weighted by Crippen LogP contribution is -2.56. The van der Waals surface area contributed by atoms with Gasteiger partial charge in [-0.15, -0.1) is 0 Å². The minimum absolute atomic E-state index is 0.00413. The van der Waals surface area contributed by atoms with Gasteiger partial charge in [-0.2, -0.15) is 0 Å². The highest BCUT2D eigenvalue weighted by Gasteiger charge is 2.39. The van der Waals surface area contributed by atoms with Gasteiger partial charge in [0.15, 0.2) is 0 Å². The van der Waals surface area contributed by atoms with Crippen molar-refractivity contribution in [2.75, 3.05) is 0 Å². The van der Waals surface area contributed by atoms with Gasteiger partial charge in [-0.3, -0.25) is 4.79 Å². The number of nitrogens with one attached hydrogen (secondary N) is 1. The first-order chi connectivity index (χ1) is 15.7. The molecule has 1 saturated heterocycles. The number of unbranched alkanes of at least 4 members (excludes halogenated alkanes) is 2. The fourth-order valence-corrected chi connectivity index (χ4v) is 6.24. The molecule has 1 aromatic rings. The molecule has 1 heterocycles. The van der Waals surface area contributed by atoms with Gasteiger partial charge in [-0.05, 0) is 81.8 Å². The molecule has 2 N–H and O–H groups in total. The van der Waals surface area contributed by atoms with Gasteiger partial charge >= 0.3 is 0 Å². The Morgan fingerprint density at radius 3 is 2.73 bits per heavy atom. The number of hydrogen-bond acceptors (Lipinski definition) is 5. The van der Waals surface area contributed by atoms with Crippen molar-refractivity contribution >= 4 is 34.3 Å². The Hall–Kier alpha value is -1.79. The number of benzene rings is 1. The number of phenolic OH excluding ortho intramolecular Hbond substituents is 1. The maximum Gasteiger partial charge on any atom is 0.227 e. The summed E-state index contributed by atoms with van der Waals surface area (Å²) in [6.07, 6.45) is 9.31. The predicted molar refractivity (Wildman–Crippen MR) is 142 cm³/mol. The minimum Gasteiger partial charge on any atom is -0.507 e. The first-order valence-corrected chi connectivity index (χ1v) is 13.4. The maximum absolute atomic E-state index is 11.8. The highest BCUT2D eigenvalue weighted by atomic mass is 32.2. The Bertz CT molecular complexity index is 940. The molecule has 1 aliphatic heterocycles. The summed E-state index contributed by atoms with van der Waals surface area (Å²) in [4.78, 5) is 11.8. The lowest BCUT2D eigenvalue weighted by Gasteiger charge is -2.35. The summed E-state index contributed by atoms with van der Waals surface area (Å²) < 4.78 is 6.62. The molecule has 1 aromatic carbocycles. The van der Waals surface area contributed by atoms with Crippen LogP contribution >= 0.6 is 24.0 Å². The molecule has 4 nitrogen and oxygen atoms in total. The van der Waals surface area contributed by atoms with E-state index in [1.807, 2.05) is 19.1 Å². The van der Waals surface area contributed by atoms with Crippen molar-refractivity contribution in [3.8, 4) is 11.5 Å². The quantitative estimate of drug-likeness (QED) is 0.170. The van der Waals surface area contributed by atoms with Gasteiger partial charge in [0.05, 0.1) is 11.3 Å². The molecular formula is C27H37NO3S2. The van der Waals surface area contributed by atoms with E-state index in [0.717, 1.165) is 61.6 Å². The molecule has 6 heteroatoms. The Morgan fingerprint density at radius 2 is 2.09 bits per heavy atom. The van der Waals surface area contributed by atoms with Crippen LogP contribution in [0.25, 0.3) is 0 Å². The highest BCUT2D eigenvalue weighted by Crippen LogP contribution is 2.47. The fraction of sp³-hybridized carbons (Fsp3) is 0.556. The van der Waals surface area contributed by atoms with Crippen molar-refractivity contribution in [3.05, 3.63) is 47.1 Å². The third kappa shape index (κ3) is 6.21. The van der Waals surface area contributed by atoms with Crippen LogP contribution in [0.3, 0.4) is 0 Å². The molecule has 0 unspecified atom stereocenters. The topological polar surface area (TPSA) is 58.6 Å². The van der Waals surface area contributed by atoms with Crippen molar-refractivity contribution in [1.29, 1.82) is 0 Å². The van der Waals surface area contributed by atoms with Gasteiger partial charge in [0, 0.05) is 11.5 Å². The molecule has 0 bridgehead atoms. The summed E-state index contributed by atoms with van der Waals surface area (Å²) in [6, 6.07) is 3.93. The smallest absolute Gasteiger partial charge is 0.227 e. The zero-order valence-electron chi connectivity index (χ0n) is 20.3. The van der Waals surface area contributed by atoms with E-state index in [1.54, 1.807) is 0 Å². The molecule has 0 saturated carbocycles. The number of hydrogen-bond donors (Lipinski definition) is 2. The number of aromatic hydroxyl groups is 1. The number of thiocarbonyl (C=S) groups is 1. The summed E-state index contributed by atoms with van der Waals surface area (Å²) in [7, 11) is 0. The zero-order valence-corrected chi connectivity index (χ0v) is 21.9. The van der Waals surface area contributed by atoms with E-state index in [9.17, 15) is 9.90 Å². The van der Waals surface area contributed by atoms with Gasteiger partial charge in [0.1, 0.15) is 11.5 Å². The average molecular weight is 488 g/mol. The van der Waals surface area contributed by atoms with Crippen LogP contribution in [-0.2, 0) is 11.2 Å². The molecule has 33 heavy (non-hydrogen) atoms. The second kappa shape index (κ2) is 11.6. The van der Waals surface area contributed by atoms with Crippen LogP contribution in [0.4, 0.5) is 0 Å². The number of amides is 1. The van der Waals surface area contributed by atoms with E-state index in [-0.39, 0.29) is 34.8 Å². The summed E-state index contributed by atoms with van der Waals surface area (Å²) in [5.74, 6) is 1.15. The van der Waals surface area contributed by atoms with Crippen LogP contribution in [0, 0.1) is 11.8 Å². The van der Waals surface area contributed by atoms with Gasteiger partial charge in [0.25, 0.3) is 0 Å². The largest absolute Gasteiger partial charge is 0.507 e. The van der Waals surface area contributed by atoms with E-state index in [4.69, 9.17) is 17.0 Å². The van der Waals surface area contributed by atoms with Crippen LogP contribution < -0.4 is 10.1 Å². The van der Waals surface area contributed by atoms with E-state index in [2.05, 4.69) is 38.7 Å². The molecule has 3 rings (SSSR count). The number of carbonyl (C=O) groups excluding carboxylic acids is 1. The average Bonchev–Trinajstić information content (AvgIpc) is 2.73. The van der Waals surface area contributed by atoms with Gasteiger partial charge < -0.3 is 15.2 Å². The Labute approximate surface area is 208 Å². The van der Waals surface area contributed by atoms with Crippen molar-refractivity contribution in [3.63, 3.8) is 0 Å². The minimum atomic E-state index is -0.0558. The fourth-order valence-electron chi connectivity index (χ4n) is 4.83. The molecular weight excluding hydrogens is 450 g/mol. The van der Waals surface area contributed by atoms with Crippen LogP contribution in [0.5, 0.6) is 11.5 Å². The van der Waals surface area contributed by atoms with Crippen LogP contribution in [0.15, 0.2) is 35.9 Å². The third-order valence-electron chi connectivity index (χ3n) is 6.81. The standard InChI is InChI=1S/C27H37NO3S2/c1-6-8-9-10-18-14-22(29)24(21-13-17(5)11-12-20(21)16(3)4)23(15-18)31-27(32)33-26-19(7-2)25(30)28-26/h13-15,19-21,26,29H,3,6-12H2,1-2,4-5H3,(H,28,30)/t19-,20-,21+,26+/m0/s1. The summed E-state index contributed by atoms with van der Waals surface area (Å²) in [6.45, 7) is 12.6. The number of rotatable bonds is 9. The second-order valence-electron chi connectivity index (χ2n) is 9.43. The molecule has 4 atom stereocenters. The van der Waals surface area contributed by atoms with Crippen LogP contribution in [0.2, 0.25) is 0 Å². The molecule has 2 aliphatic rings. The van der Waals surface area contributed by atoms with Crippen molar-refractivity contribution in [2.24, 2.45) is 11.8 Å². The van der Waals surface area contributed by atoms with Gasteiger partial charge in [0.2, 0.25) is 10.3 Å². The Balaban J connectivity index is 1.92. The Morgan fingerprint density at radius 1 is 1.33 bits per heavy atom. The SMILES string of the molecule is C=C(C)[C@@H]1CCC(C)=C[C@H]1c1c(O)cc(CCCCC)cc1OC(=S)S[C@H]1NC(=O)[C@@H]1CC. The summed E-state index contributed by atoms with van der Waals surface area (Å²) in [5, 5.41) is 14.0. The van der Waals surface area contributed by atoms with E-state index in [0.29, 0.717) is 10.1 Å². The van der Waals surface area contributed by atoms with E-state index in [1.165, 1.54) is 17.3 Å². The number of thioether (sulfide) groups is 1. The van der Waals surface area contributed by atoms with Crippen LogP contribution in [-0.4, -0.2) is 20.8 Å². The number of carbonyl (C=O) groups is 1.